The molecule has 0 saturated heterocycles. The minimum Gasteiger partial charge on any atom is -0.300 e. The normalized spacial score (nSPS) is 11.0. The lowest BCUT2D eigenvalue weighted by atomic mass is 10.0. The molecule has 0 spiro atoms. The van der Waals surface area contributed by atoms with Crippen LogP contribution in [0.25, 0.3) is 0 Å². The van der Waals surface area contributed by atoms with Gasteiger partial charge in [-0.15, -0.1) is 0 Å². The van der Waals surface area contributed by atoms with Gasteiger partial charge in [0.05, 0.1) is 0 Å². The molecule has 0 aromatic heterocycles. The standard InChI is InChI=1S/C13H20ClN/c1-4-12-11(8-7-9-13(12)14)10-15(5-2)6-3/h7-9H,4-6,10H2,1-3H3. The molecular formula is C13H20ClN. The Morgan fingerprint density at radius 1 is 1.13 bits per heavy atom. The average Bonchev–Trinajstić information content (AvgIpc) is 2.26. The molecule has 15 heavy (non-hydrogen) atoms. The number of nitrogens with zero attached hydrogens (tertiary/aromatic N) is 1. The maximum absolute atomic E-state index is 6.18. The van der Waals surface area contributed by atoms with Crippen molar-refractivity contribution in [3.8, 4) is 0 Å². The van der Waals surface area contributed by atoms with Crippen molar-refractivity contribution in [3.63, 3.8) is 0 Å². The lowest BCUT2D eigenvalue weighted by molar-refractivity contribution is 0.295. The second-order valence-corrected chi connectivity index (χ2v) is 4.10. The van der Waals surface area contributed by atoms with Gasteiger partial charge in [-0.25, -0.2) is 0 Å². The molecule has 0 unspecified atom stereocenters. The van der Waals surface area contributed by atoms with Crippen molar-refractivity contribution in [1.29, 1.82) is 0 Å². The molecule has 0 aliphatic heterocycles. The number of halogens is 1. The molecule has 0 aliphatic rings. The molecule has 0 fully saturated rings. The topological polar surface area (TPSA) is 3.24 Å². The van der Waals surface area contributed by atoms with Crippen LogP contribution < -0.4 is 0 Å². The summed E-state index contributed by atoms with van der Waals surface area (Å²) in [5.41, 5.74) is 2.67. The molecule has 0 amide bonds. The van der Waals surface area contributed by atoms with E-state index in [4.69, 9.17) is 11.6 Å². The van der Waals surface area contributed by atoms with E-state index in [1.165, 1.54) is 11.1 Å². The molecule has 1 nitrogen and oxygen atoms in total. The monoisotopic (exact) mass is 225 g/mol. The molecule has 0 N–H and O–H groups in total. The summed E-state index contributed by atoms with van der Waals surface area (Å²) in [6.07, 6.45) is 1.01. The first-order chi connectivity index (χ1) is 7.22. The van der Waals surface area contributed by atoms with Crippen LogP contribution in [0, 0.1) is 0 Å². The number of hydrogen-bond acceptors (Lipinski definition) is 1. The quantitative estimate of drug-likeness (QED) is 0.738. The van der Waals surface area contributed by atoms with E-state index in [1.807, 2.05) is 12.1 Å². The third-order valence-corrected chi connectivity index (χ3v) is 3.21. The third-order valence-electron chi connectivity index (χ3n) is 2.86. The fourth-order valence-electron chi connectivity index (χ4n) is 1.84. The van der Waals surface area contributed by atoms with E-state index in [0.717, 1.165) is 31.1 Å². The maximum atomic E-state index is 6.18. The second-order valence-electron chi connectivity index (χ2n) is 3.69. The van der Waals surface area contributed by atoms with Crippen molar-refractivity contribution in [3.05, 3.63) is 34.3 Å². The zero-order valence-electron chi connectivity index (χ0n) is 9.89. The van der Waals surface area contributed by atoms with Gasteiger partial charge in [-0.1, -0.05) is 44.5 Å². The summed E-state index contributed by atoms with van der Waals surface area (Å²) in [6.45, 7) is 9.74. The molecule has 84 valence electrons. The van der Waals surface area contributed by atoms with Gasteiger partial charge in [-0.2, -0.15) is 0 Å². The summed E-state index contributed by atoms with van der Waals surface area (Å²) < 4.78 is 0. The highest BCUT2D eigenvalue weighted by molar-refractivity contribution is 6.31. The maximum Gasteiger partial charge on any atom is 0.0441 e. The van der Waals surface area contributed by atoms with Crippen LogP contribution in [-0.2, 0) is 13.0 Å². The number of benzene rings is 1. The summed E-state index contributed by atoms with van der Waals surface area (Å²) >= 11 is 6.18. The summed E-state index contributed by atoms with van der Waals surface area (Å²) in [7, 11) is 0. The number of hydrogen-bond donors (Lipinski definition) is 0. The molecule has 0 saturated carbocycles. The van der Waals surface area contributed by atoms with E-state index in [1.54, 1.807) is 0 Å². The van der Waals surface area contributed by atoms with Crippen LogP contribution in [0.4, 0.5) is 0 Å². The SMILES string of the molecule is CCc1c(Cl)cccc1CN(CC)CC. The van der Waals surface area contributed by atoms with Gasteiger partial charge in [0.25, 0.3) is 0 Å². The Balaban J connectivity index is 2.88. The van der Waals surface area contributed by atoms with E-state index >= 15 is 0 Å². The van der Waals surface area contributed by atoms with Gasteiger partial charge in [0.2, 0.25) is 0 Å². The highest BCUT2D eigenvalue weighted by atomic mass is 35.5. The van der Waals surface area contributed by atoms with Crippen molar-refractivity contribution in [2.75, 3.05) is 13.1 Å². The summed E-state index contributed by atoms with van der Waals surface area (Å²) in [5, 5.41) is 0.905. The van der Waals surface area contributed by atoms with Gasteiger partial charge in [-0.05, 0) is 36.7 Å². The second kappa shape index (κ2) is 6.14. The third kappa shape index (κ3) is 3.22. The van der Waals surface area contributed by atoms with E-state index in [-0.39, 0.29) is 0 Å². The number of rotatable bonds is 5. The fraction of sp³-hybridized carbons (Fsp3) is 0.538. The average molecular weight is 226 g/mol. The van der Waals surface area contributed by atoms with Crippen molar-refractivity contribution in [2.45, 2.75) is 33.7 Å². The minimum atomic E-state index is 0.905. The van der Waals surface area contributed by atoms with Gasteiger partial charge in [-0.3, -0.25) is 4.90 Å². The predicted molar refractivity (Wildman–Crippen MR) is 67.5 cm³/mol. The van der Waals surface area contributed by atoms with Crippen LogP contribution in [0.1, 0.15) is 31.9 Å². The molecule has 2 heteroatoms. The van der Waals surface area contributed by atoms with Gasteiger partial charge >= 0.3 is 0 Å². The van der Waals surface area contributed by atoms with Crippen molar-refractivity contribution < 1.29 is 0 Å². The highest BCUT2D eigenvalue weighted by Gasteiger charge is 2.07. The van der Waals surface area contributed by atoms with Gasteiger partial charge in [0, 0.05) is 11.6 Å². The molecule has 1 rings (SSSR count). The Morgan fingerprint density at radius 2 is 1.80 bits per heavy atom. The molecule has 1 aromatic carbocycles. The van der Waals surface area contributed by atoms with Crippen molar-refractivity contribution >= 4 is 11.6 Å². The molecule has 0 atom stereocenters. The largest absolute Gasteiger partial charge is 0.300 e. The van der Waals surface area contributed by atoms with Gasteiger partial charge in [0.15, 0.2) is 0 Å². The Labute approximate surface area is 98.0 Å². The van der Waals surface area contributed by atoms with Crippen LogP contribution in [0.3, 0.4) is 0 Å². The van der Waals surface area contributed by atoms with E-state index in [9.17, 15) is 0 Å². The molecule has 0 radical (unpaired) electrons. The van der Waals surface area contributed by atoms with Crippen LogP contribution >= 0.6 is 11.6 Å². The molecular weight excluding hydrogens is 206 g/mol. The van der Waals surface area contributed by atoms with Gasteiger partial charge < -0.3 is 0 Å². The summed E-state index contributed by atoms with van der Waals surface area (Å²) in [4.78, 5) is 2.41. The van der Waals surface area contributed by atoms with Gasteiger partial charge in [0.1, 0.15) is 0 Å². The van der Waals surface area contributed by atoms with Crippen LogP contribution in [0.2, 0.25) is 5.02 Å². The Bertz CT molecular complexity index is 305. The van der Waals surface area contributed by atoms with E-state index in [0.29, 0.717) is 0 Å². The minimum absolute atomic E-state index is 0.905. The molecule has 1 aromatic rings. The first-order valence-electron chi connectivity index (χ1n) is 5.71. The Hall–Kier alpha value is -0.530. The van der Waals surface area contributed by atoms with Crippen LogP contribution in [0.15, 0.2) is 18.2 Å². The van der Waals surface area contributed by atoms with Crippen molar-refractivity contribution in [2.24, 2.45) is 0 Å². The van der Waals surface area contributed by atoms with E-state index < -0.39 is 0 Å². The van der Waals surface area contributed by atoms with E-state index in [2.05, 4.69) is 31.7 Å². The highest BCUT2D eigenvalue weighted by Crippen LogP contribution is 2.21. The summed E-state index contributed by atoms with van der Waals surface area (Å²) in [6, 6.07) is 6.20. The summed E-state index contributed by atoms with van der Waals surface area (Å²) in [5.74, 6) is 0. The zero-order valence-corrected chi connectivity index (χ0v) is 10.6. The molecule has 0 bridgehead atoms. The zero-order chi connectivity index (χ0) is 11.3. The lowest BCUT2D eigenvalue weighted by Crippen LogP contribution is -2.22. The first-order valence-corrected chi connectivity index (χ1v) is 6.09. The molecule has 0 aliphatic carbocycles. The predicted octanol–water partition coefficient (Wildman–Crippen LogP) is 3.74. The lowest BCUT2D eigenvalue weighted by Gasteiger charge is -2.20. The van der Waals surface area contributed by atoms with Crippen LogP contribution in [0.5, 0.6) is 0 Å². The smallest absolute Gasteiger partial charge is 0.0441 e. The fourth-order valence-corrected chi connectivity index (χ4v) is 2.16. The molecule has 0 heterocycles. The van der Waals surface area contributed by atoms with Crippen LogP contribution in [-0.4, -0.2) is 18.0 Å². The Kier molecular flexibility index (Phi) is 5.13. The first kappa shape index (κ1) is 12.5. The Morgan fingerprint density at radius 3 is 2.33 bits per heavy atom. The van der Waals surface area contributed by atoms with Crippen molar-refractivity contribution in [1.82, 2.24) is 4.90 Å².